The van der Waals surface area contributed by atoms with Crippen LogP contribution in [0, 0.1) is 5.92 Å². The van der Waals surface area contributed by atoms with Crippen LogP contribution in [0.25, 0.3) is 0 Å². The van der Waals surface area contributed by atoms with Crippen LogP contribution in [0.1, 0.15) is 24.8 Å². The Morgan fingerprint density at radius 3 is 2.70 bits per heavy atom. The van der Waals surface area contributed by atoms with Gasteiger partial charge in [-0.2, -0.15) is 0 Å². The number of methoxy groups -OCH3 is 1. The van der Waals surface area contributed by atoms with Crippen LogP contribution < -0.4 is 4.72 Å². The molecule has 0 radical (unpaired) electrons. The van der Waals surface area contributed by atoms with Gasteiger partial charge in [0.2, 0.25) is 10.0 Å². The van der Waals surface area contributed by atoms with Gasteiger partial charge in [-0.15, -0.1) is 0 Å². The molecule has 1 aromatic rings. The molecule has 4 nitrogen and oxygen atoms in total. The summed E-state index contributed by atoms with van der Waals surface area (Å²) in [7, 11) is -1.71. The van der Waals surface area contributed by atoms with Crippen LogP contribution >= 0.6 is 0 Å². The molecule has 0 heterocycles. The molecule has 1 N–H and O–H groups in total. The third kappa shape index (κ3) is 4.58. The Labute approximate surface area is 121 Å². The molecule has 2 atom stereocenters. The minimum atomic E-state index is -3.23. The normalized spacial score (nSPS) is 23.1. The van der Waals surface area contributed by atoms with Crippen LogP contribution in [0.15, 0.2) is 30.3 Å². The summed E-state index contributed by atoms with van der Waals surface area (Å²) in [5.74, 6) is 0.438. The standard InChI is InChI=1S/C15H23NO3S/c1-19-10-11-20(17,18)16-15-9-5-8-14(15)12-13-6-3-2-4-7-13/h2-4,6-7,14-16H,5,8-12H2,1H3/t14-,15-/m1/s1. The van der Waals surface area contributed by atoms with Crippen molar-refractivity contribution < 1.29 is 13.2 Å². The van der Waals surface area contributed by atoms with Crippen molar-refractivity contribution in [1.82, 2.24) is 4.72 Å². The van der Waals surface area contributed by atoms with Crippen molar-refractivity contribution in [3.63, 3.8) is 0 Å². The summed E-state index contributed by atoms with van der Waals surface area (Å²) < 4.78 is 31.6. The Kier molecular flexibility index (Phi) is 5.57. The van der Waals surface area contributed by atoms with Gasteiger partial charge >= 0.3 is 0 Å². The molecular weight excluding hydrogens is 274 g/mol. The number of rotatable bonds is 7. The quantitative estimate of drug-likeness (QED) is 0.837. The summed E-state index contributed by atoms with van der Waals surface area (Å²) in [6, 6.07) is 10.3. The largest absolute Gasteiger partial charge is 0.384 e. The highest BCUT2D eigenvalue weighted by Crippen LogP contribution is 2.29. The van der Waals surface area contributed by atoms with Gasteiger partial charge in [0.1, 0.15) is 0 Å². The fourth-order valence-electron chi connectivity index (χ4n) is 2.84. The van der Waals surface area contributed by atoms with Crippen molar-refractivity contribution in [3.05, 3.63) is 35.9 Å². The van der Waals surface area contributed by atoms with Crippen molar-refractivity contribution >= 4 is 10.0 Å². The number of benzene rings is 1. The minimum Gasteiger partial charge on any atom is -0.384 e. The van der Waals surface area contributed by atoms with E-state index in [9.17, 15) is 8.42 Å². The van der Waals surface area contributed by atoms with Gasteiger partial charge in [-0.1, -0.05) is 36.8 Å². The molecule has 0 aromatic heterocycles. The first-order valence-corrected chi connectivity index (χ1v) is 8.79. The molecule has 0 aliphatic heterocycles. The monoisotopic (exact) mass is 297 g/mol. The molecule has 20 heavy (non-hydrogen) atoms. The lowest BCUT2D eigenvalue weighted by Crippen LogP contribution is -2.40. The van der Waals surface area contributed by atoms with Crippen molar-refractivity contribution in [2.75, 3.05) is 19.5 Å². The summed E-state index contributed by atoms with van der Waals surface area (Å²) in [6.07, 6.45) is 4.06. The van der Waals surface area contributed by atoms with E-state index in [1.165, 1.54) is 12.7 Å². The van der Waals surface area contributed by atoms with Gasteiger partial charge in [0, 0.05) is 13.2 Å². The Balaban J connectivity index is 1.94. The fourth-order valence-corrected chi connectivity index (χ4v) is 4.11. The average Bonchev–Trinajstić information content (AvgIpc) is 2.84. The Bertz CT molecular complexity index is 501. The average molecular weight is 297 g/mol. The predicted octanol–water partition coefficient (Wildman–Crippen LogP) is 1.96. The zero-order valence-corrected chi connectivity index (χ0v) is 12.7. The second kappa shape index (κ2) is 7.20. The summed E-state index contributed by atoms with van der Waals surface area (Å²) in [5.41, 5.74) is 1.28. The Morgan fingerprint density at radius 1 is 1.25 bits per heavy atom. The van der Waals surface area contributed by atoms with E-state index in [1.807, 2.05) is 18.2 Å². The van der Waals surface area contributed by atoms with Crippen molar-refractivity contribution in [3.8, 4) is 0 Å². The number of hydrogen-bond donors (Lipinski definition) is 1. The van der Waals surface area contributed by atoms with Crippen LogP contribution in [0.4, 0.5) is 0 Å². The SMILES string of the molecule is COCCS(=O)(=O)N[C@@H]1CCC[C@@H]1Cc1ccccc1. The molecule has 0 bridgehead atoms. The van der Waals surface area contributed by atoms with Crippen molar-refractivity contribution in [2.45, 2.75) is 31.7 Å². The molecule has 2 rings (SSSR count). The Morgan fingerprint density at radius 2 is 2.00 bits per heavy atom. The van der Waals surface area contributed by atoms with E-state index >= 15 is 0 Å². The lowest BCUT2D eigenvalue weighted by Gasteiger charge is -2.21. The molecule has 1 saturated carbocycles. The third-order valence-electron chi connectivity index (χ3n) is 3.89. The maximum absolute atomic E-state index is 12.0. The lowest BCUT2D eigenvalue weighted by atomic mass is 9.95. The van der Waals surface area contributed by atoms with Crippen LogP contribution in [0.5, 0.6) is 0 Å². The maximum atomic E-state index is 12.0. The molecule has 112 valence electrons. The highest BCUT2D eigenvalue weighted by molar-refractivity contribution is 7.89. The van der Waals surface area contributed by atoms with E-state index in [-0.39, 0.29) is 18.4 Å². The molecule has 0 spiro atoms. The number of sulfonamides is 1. The van der Waals surface area contributed by atoms with E-state index in [2.05, 4.69) is 16.9 Å². The first-order valence-electron chi connectivity index (χ1n) is 7.13. The van der Waals surface area contributed by atoms with Crippen LogP contribution in [-0.4, -0.2) is 33.9 Å². The van der Waals surface area contributed by atoms with E-state index in [1.54, 1.807) is 0 Å². The number of ether oxygens (including phenoxy) is 1. The van der Waals surface area contributed by atoms with Gasteiger partial charge in [0.05, 0.1) is 12.4 Å². The van der Waals surface area contributed by atoms with E-state index < -0.39 is 10.0 Å². The minimum absolute atomic E-state index is 0.0397. The molecule has 0 amide bonds. The smallest absolute Gasteiger partial charge is 0.214 e. The summed E-state index contributed by atoms with van der Waals surface area (Å²) >= 11 is 0. The maximum Gasteiger partial charge on any atom is 0.214 e. The van der Waals surface area contributed by atoms with Gasteiger partial charge in [-0.05, 0) is 30.7 Å². The van der Waals surface area contributed by atoms with Crippen LogP contribution in [-0.2, 0) is 21.2 Å². The van der Waals surface area contributed by atoms with Gasteiger partial charge in [0.15, 0.2) is 0 Å². The van der Waals surface area contributed by atoms with E-state index in [0.29, 0.717) is 5.92 Å². The fraction of sp³-hybridized carbons (Fsp3) is 0.600. The highest BCUT2D eigenvalue weighted by atomic mass is 32.2. The van der Waals surface area contributed by atoms with Gasteiger partial charge < -0.3 is 4.74 Å². The second-order valence-corrected chi connectivity index (χ2v) is 7.29. The van der Waals surface area contributed by atoms with Gasteiger partial charge in [0.25, 0.3) is 0 Å². The molecule has 1 fully saturated rings. The van der Waals surface area contributed by atoms with Gasteiger partial charge in [-0.25, -0.2) is 13.1 Å². The van der Waals surface area contributed by atoms with E-state index in [0.717, 1.165) is 25.7 Å². The van der Waals surface area contributed by atoms with Crippen molar-refractivity contribution in [2.24, 2.45) is 5.92 Å². The molecular formula is C15H23NO3S. The molecule has 0 saturated heterocycles. The second-order valence-electron chi connectivity index (χ2n) is 5.42. The van der Waals surface area contributed by atoms with Crippen molar-refractivity contribution in [1.29, 1.82) is 0 Å². The first-order chi connectivity index (χ1) is 9.61. The number of hydrogen-bond acceptors (Lipinski definition) is 3. The summed E-state index contributed by atoms with van der Waals surface area (Å²) in [4.78, 5) is 0. The summed E-state index contributed by atoms with van der Waals surface area (Å²) in [6.45, 7) is 0.241. The zero-order chi connectivity index (χ0) is 14.4. The number of nitrogens with one attached hydrogen (secondary N) is 1. The topological polar surface area (TPSA) is 55.4 Å². The van der Waals surface area contributed by atoms with Crippen LogP contribution in [0.2, 0.25) is 0 Å². The summed E-state index contributed by atoms with van der Waals surface area (Å²) in [5, 5.41) is 0. The highest BCUT2D eigenvalue weighted by Gasteiger charge is 2.30. The first kappa shape index (κ1) is 15.5. The molecule has 1 aromatic carbocycles. The molecule has 0 unspecified atom stereocenters. The van der Waals surface area contributed by atoms with Gasteiger partial charge in [-0.3, -0.25) is 0 Å². The molecule has 1 aliphatic carbocycles. The third-order valence-corrected chi connectivity index (χ3v) is 5.25. The van der Waals surface area contributed by atoms with Crippen LogP contribution in [0.3, 0.4) is 0 Å². The molecule has 1 aliphatic rings. The lowest BCUT2D eigenvalue weighted by molar-refractivity contribution is 0.216. The predicted molar refractivity (Wildman–Crippen MR) is 80.1 cm³/mol. The Hall–Kier alpha value is -0.910. The molecule has 5 heteroatoms. The van der Waals surface area contributed by atoms with E-state index in [4.69, 9.17) is 4.74 Å². The zero-order valence-electron chi connectivity index (χ0n) is 11.9.